The first-order valence-corrected chi connectivity index (χ1v) is 7.68. The Morgan fingerprint density at radius 2 is 1.92 bits per heavy atom. The largest absolute Gasteiger partial charge is 0.481 e. The molecular weight excluding hydrogens is 341 g/mol. The highest BCUT2D eigenvalue weighted by molar-refractivity contribution is 6.01. The van der Waals surface area contributed by atoms with E-state index in [-0.39, 0.29) is 5.78 Å². The lowest BCUT2D eigenvalue weighted by Crippen LogP contribution is -2.35. The molecule has 3 rings (SSSR count). The lowest BCUT2D eigenvalue weighted by Gasteiger charge is -2.19. The van der Waals surface area contributed by atoms with Crippen LogP contribution in [0.3, 0.4) is 0 Å². The van der Waals surface area contributed by atoms with Gasteiger partial charge in [0.2, 0.25) is 0 Å². The van der Waals surface area contributed by atoms with Gasteiger partial charge in [0.25, 0.3) is 0 Å². The molecule has 1 saturated heterocycles. The number of aliphatic carboxylic acids is 1. The Kier molecular flexibility index (Phi) is 4.18. The van der Waals surface area contributed by atoms with E-state index in [9.17, 15) is 27.6 Å². The number of aryl methyl sites for hydroxylation is 1. The van der Waals surface area contributed by atoms with Crippen molar-refractivity contribution in [3.63, 3.8) is 0 Å². The first-order valence-electron chi connectivity index (χ1n) is 7.68. The number of anilines is 1. The molecule has 1 fully saturated rings. The van der Waals surface area contributed by atoms with Gasteiger partial charge in [0.15, 0.2) is 5.78 Å². The molecule has 1 heterocycles. The normalized spacial score (nSPS) is 22.8. The average Bonchev–Trinajstić information content (AvgIpc) is 3.11. The minimum Gasteiger partial charge on any atom is -0.481 e. The molecule has 0 bridgehead atoms. The molecule has 134 valence electrons. The Bertz CT molecular complexity index is 747. The third-order valence-electron chi connectivity index (χ3n) is 4.62. The Morgan fingerprint density at radius 3 is 2.52 bits per heavy atom. The number of carbonyl (C=O) groups is 3. The van der Waals surface area contributed by atoms with E-state index in [1.807, 2.05) is 0 Å². The van der Waals surface area contributed by atoms with Crippen LogP contribution in [0, 0.1) is 11.8 Å². The molecule has 2 N–H and O–H groups in total. The number of ketones is 1. The predicted molar refractivity (Wildman–Crippen MR) is 80.4 cm³/mol. The smallest absolute Gasteiger partial charge is 0.394 e. The number of likely N-dealkylation sites (tertiary alicyclic amines) is 1. The molecule has 0 spiro atoms. The molecular formula is C16H15F3N2O4. The maximum Gasteiger partial charge on any atom is 0.394 e. The lowest BCUT2D eigenvalue weighted by atomic mass is 9.96. The molecule has 1 aromatic carbocycles. The van der Waals surface area contributed by atoms with Crippen LogP contribution in [-0.2, 0) is 11.2 Å². The zero-order valence-corrected chi connectivity index (χ0v) is 13.0. The van der Waals surface area contributed by atoms with Gasteiger partial charge in [0, 0.05) is 30.8 Å². The van der Waals surface area contributed by atoms with Crippen molar-refractivity contribution in [2.24, 2.45) is 11.8 Å². The summed E-state index contributed by atoms with van der Waals surface area (Å²) in [6.07, 6.45) is -3.74. The molecule has 2 atom stereocenters. The molecule has 0 saturated carbocycles. The lowest BCUT2D eigenvalue weighted by molar-refractivity contribution is -0.187. The quantitative estimate of drug-likeness (QED) is 0.853. The number of Topliss-reactive ketones (excluding diaryl/α,β-unsaturated/α-hetero) is 1. The van der Waals surface area contributed by atoms with Crippen molar-refractivity contribution in [1.82, 2.24) is 4.90 Å². The number of hydrogen-bond acceptors (Lipinski definition) is 3. The van der Waals surface area contributed by atoms with Crippen molar-refractivity contribution in [3.8, 4) is 0 Å². The number of urea groups is 1. The molecule has 9 heteroatoms. The zero-order chi connectivity index (χ0) is 18.4. The summed E-state index contributed by atoms with van der Waals surface area (Å²) in [6.45, 7) is -1.20. The number of amides is 2. The van der Waals surface area contributed by atoms with Crippen molar-refractivity contribution in [3.05, 3.63) is 29.3 Å². The highest BCUT2D eigenvalue weighted by atomic mass is 19.4. The van der Waals surface area contributed by atoms with E-state index in [0.717, 1.165) is 10.5 Å². The molecule has 0 aromatic heterocycles. The van der Waals surface area contributed by atoms with Crippen LogP contribution >= 0.6 is 0 Å². The molecule has 0 radical (unpaired) electrons. The Hall–Kier alpha value is -2.58. The van der Waals surface area contributed by atoms with Gasteiger partial charge in [0.05, 0.1) is 11.8 Å². The van der Waals surface area contributed by atoms with Gasteiger partial charge in [-0.3, -0.25) is 9.59 Å². The zero-order valence-electron chi connectivity index (χ0n) is 13.0. The number of nitrogens with one attached hydrogen (secondary N) is 1. The van der Waals surface area contributed by atoms with E-state index in [1.165, 1.54) is 6.07 Å². The maximum absolute atomic E-state index is 13.0. The van der Waals surface area contributed by atoms with E-state index >= 15 is 0 Å². The number of rotatable bonds is 2. The fourth-order valence-electron chi connectivity index (χ4n) is 3.29. The fraction of sp³-hybridized carbons (Fsp3) is 0.438. The summed E-state index contributed by atoms with van der Waals surface area (Å²) >= 11 is 0. The van der Waals surface area contributed by atoms with Crippen LogP contribution in [0.5, 0.6) is 0 Å². The van der Waals surface area contributed by atoms with Crippen molar-refractivity contribution in [2.45, 2.75) is 19.0 Å². The van der Waals surface area contributed by atoms with Crippen LogP contribution in [0.4, 0.5) is 23.7 Å². The third kappa shape index (κ3) is 3.31. The molecule has 6 nitrogen and oxygen atoms in total. The summed E-state index contributed by atoms with van der Waals surface area (Å²) in [7, 11) is 0. The van der Waals surface area contributed by atoms with Crippen LogP contribution in [0.15, 0.2) is 18.2 Å². The van der Waals surface area contributed by atoms with Gasteiger partial charge in [-0.05, 0) is 30.2 Å². The summed E-state index contributed by atoms with van der Waals surface area (Å²) in [5.74, 6) is -5.32. The number of fused-ring (bicyclic) bond motifs is 1. The number of halogens is 3. The van der Waals surface area contributed by atoms with Gasteiger partial charge in [-0.2, -0.15) is 13.2 Å². The molecule has 25 heavy (non-hydrogen) atoms. The average molecular weight is 356 g/mol. The Labute approximate surface area is 140 Å². The molecule has 1 aliphatic carbocycles. The van der Waals surface area contributed by atoms with Gasteiger partial charge in [-0.15, -0.1) is 0 Å². The minimum atomic E-state index is -4.69. The predicted octanol–water partition coefficient (Wildman–Crippen LogP) is 2.54. The molecule has 0 unspecified atom stereocenters. The highest BCUT2D eigenvalue weighted by Crippen LogP contribution is 2.38. The topological polar surface area (TPSA) is 86.7 Å². The standard InChI is InChI=1S/C16H15F3N2O4/c17-16(18,19)12-7-21(6-11(12)14(23)24)15(25)20-9-2-3-10-8(5-9)1-4-13(10)22/h2-3,5,11-12H,1,4,6-7H2,(H,20,25)(H,23,24)/t11-,12-/m1/s1. The number of benzene rings is 1. The van der Waals surface area contributed by atoms with Crippen molar-refractivity contribution in [2.75, 3.05) is 18.4 Å². The second kappa shape index (κ2) is 6.05. The molecule has 1 aromatic rings. The first kappa shape index (κ1) is 17.2. The van der Waals surface area contributed by atoms with E-state index < -0.39 is 43.1 Å². The van der Waals surface area contributed by atoms with Crippen LogP contribution in [0.2, 0.25) is 0 Å². The van der Waals surface area contributed by atoms with E-state index in [0.29, 0.717) is 24.1 Å². The summed E-state index contributed by atoms with van der Waals surface area (Å²) in [5.41, 5.74) is 1.73. The Morgan fingerprint density at radius 1 is 1.20 bits per heavy atom. The van der Waals surface area contributed by atoms with Crippen molar-refractivity contribution < 1.29 is 32.7 Å². The van der Waals surface area contributed by atoms with E-state index in [1.54, 1.807) is 12.1 Å². The number of carboxylic acids is 1. The molecule has 1 aliphatic heterocycles. The Balaban J connectivity index is 1.72. The summed E-state index contributed by atoms with van der Waals surface area (Å²) in [5, 5.41) is 11.5. The first-order chi connectivity index (χ1) is 11.7. The summed E-state index contributed by atoms with van der Waals surface area (Å²) in [6, 6.07) is 3.90. The van der Waals surface area contributed by atoms with Gasteiger partial charge in [-0.25, -0.2) is 4.79 Å². The molecule has 2 amide bonds. The van der Waals surface area contributed by atoms with Crippen LogP contribution in [0.1, 0.15) is 22.3 Å². The van der Waals surface area contributed by atoms with E-state index in [4.69, 9.17) is 5.11 Å². The number of carboxylic acid groups (broad SMARTS) is 1. The monoisotopic (exact) mass is 356 g/mol. The number of carbonyl (C=O) groups excluding carboxylic acids is 2. The van der Waals surface area contributed by atoms with Crippen LogP contribution < -0.4 is 5.32 Å². The van der Waals surface area contributed by atoms with Gasteiger partial charge < -0.3 is 15.3 Å². The van der Waals surface area contributed by atoms with E-state index in [2.05, 4.69) is 5.32 Å². The third-order valence-corrected chi connectivity index (χ3v) is 4.62. The van der Waals surface area contributed by atoms with Crippen molar-refractivity contribution in [1.29, 1.82) is 0 Å². The number of alkyl halides is 3. The van der Waals surface area contributed by atoms with Gasteiger partial charge in [-0.1, -0.05) is 0 Å². The van der Waals surface area contributed by atoms with Crippen molar-refractivity contribution >= 4 is 23.5 Å². The van der Waals surface area contributed by atoms with Gasteiger partial charge >= 0.3 is 18.2 Å². The summed E-state index contributed by atoms with van der Waals surface area (Å²) in [4.78, 5) is 35.7. The minimum absolute atomic E-state index is 0.0183. The second-order valence-corrected chi connectivity index (χ2v) is 6.22. The molecule has 2 aliphatic rings. The maximum atomic E-state index is 13.0. The van der Waals surface area contributed by atoms with Crippen LogP contribution in [0.25, 0.3) is 0 Å². The van der Waals surface area contributed by atoms with Gasteiger partial charge in [0.1, 0.15) is 0 Å². The second-order valence-electron chi connectivity index (χ2n) is 6.22. The fourth-order valence-corrected chi connectivity index (χ4v) is 3.29. The van der Waals surface area contributed by atoms with Crippen LogP contribution in [-0.4, -0.2) is 47.1 Å². The number of nitrogens with zero attached hydrogens (tertiary/aromatic N) is 1. The highest BCUT2D eigenvalue weighted by Gasteiger charge is 2.53. The summed E-state index contributed by atoms with van der Waals surface area (Å²) < 4.78 is 38.9. The number of hydrogen-bond donors (Lipinski definition) is 2. The SMILES string of the molecule is O=C1CCc2cc(NC(=O)N3C[C@@H](C(F)(F)F)[C@H](C(=O)O)C3)ccc21.